The Morgan fingerprint density at radius 2 is 1.87 bits per heavy atom. The van der Waals surface area contributed by atoms with Gasteiger partial charge in [-0.25, -0.2) is 15.2 Å². The van der Waals surface area contributed by atoms with Gasteiger partial charge in [0.25, 0.3) is 5.91 Å². The summed E-state index contributed by atoms with van der Waals surface area (Å²) in [5.74, 6) is -0.460. The number of benzene rings is 1. The topological polar surface area (TPSA) is 119 Å². The van der Waals surface area contributed by atoms with Crippen LogP contribution < -0.4 is 16.9 Å². The molecule has 0 saturated carbocycles. The van der Waals surface area contributed by atoms with Crippen LogP contribution >= 0.6 is 0 Å². The molecule has 7 heteroatoms. The maximum atomic E-state index is 12.5. The van der Waals surface area contributed by atoms with Crippen LogP contribution in [-0.2, 0) is 16.0 Å². The van der Waals surface area contributed by atoms with Gasteiger partial charge in [0.2, 0.25) is 6.29 Å². The molecule has 0 aliphatic heterocycles. The van der Waals surface area contributed by atoms with E-state index in [1.807, 2.05) is 44.2 Å². The number of nitrogens with zero attached hydrogens (tertiary/aromatic N) is 1. The minimum absolute atomic E-state index is 0.122. The second kappa shape index (κ2) is 8.89. The Hall–Kier alpha value is -2.41. The van der Waals surface area contributed by atoms with Crippen molar-refractivity contribution in [3.63, 3.8) is 0 Å². The molecule has 0 saturated heterocycles. The Balaban J connectivity index is 2.89. The summed E-state index contributed by atoms with van der Waals surface area (Å²) in [6.07, 6.45) is 2.39. The summed E-state index contributed by atoms with van der Waals surface area (Å²) >= 11 is 0. The summed E-state index contributed by atoms with van der Waals surface area (Å²) in [5.41, 5.74) is 14.1. The van der Waals surface area contributed by atoms with Crippen molar-refractivity contribution >= 4 is 18.2 Å². The molecule has 0 bridgehead atoms. The number of amides is 3. The molecule has 0 aliphatic carbocycles. The van der Waals surface area contributed by atoms with Gasteiger partial charge in [0, 0.05) is 0 Å². The molecule has 1 radical (unpaired) electrons. The first kappa shape index (κ1) is 18.6. The second-order valence-corrected chi connectivity index (χ2v) is 5.74. The standard InChI is InChI=1S/C16H23N4O3/c1-11(2)8-13(10-21)20(19-16(18)23)15(22)14(17)9-12-6-4-3-5-7-12/h3-7,11,13-14H,8-9,17H2,1-2H3,(H3,18,19,23)/t13-,14+/m0/s1. The number of hydrazine groups is 1. The predicted octanol–water partition coefficient (Wildman–Crippen LogP) is 0.493. The Labute approximate surface area is 136 Å². The molecule has 2 atom stereocenters. The zero-order valence-electron chi connectivity index (χ0n) is 13.4. The van der Waals surface area contributed by atoms with Crippen LogP contribution in [0.15, 0.2) is 30.3 Å². The number of hydrogen-bond donors (Lipinski definition) is 3. The van der Waals surface area contributed by atoms with E-state index in [0.717, 1.165) is 10.6 Å². The number of urea groups is 1. The third-order valence-corrected chi connectivity index (χ3v) is 3.23. The van der Waals surface area contributed by atoms with Gasteiger partial charge >= 0.3 is 6.03 Å². The van der Waals surface area contributed by atoms with Gasteiger partial charge in [-0.2, -0.15) is 0 Å². The molecule has 0 spiro atoms. The van der Waals surface area contributed by atoms with E-state index >= 15 is 0 Å². The maximum Gasteiger partial charge on any atom is 0.331 e. The summed E-state index contributed by atoms with van der Waals surface area (Å²) in [6.45, 7) is 3.78. The number of hydrogen-bond acceptors (Lipinski definition) is 4. The van der Waals surface area contributed by atoms with E-state index in [2.05, 4.69) is 5.43 Å². The summed E-state index contributed by atoms with van der Waals surface area (Å²) in [5, 5.41) is 0.892. The molecule has 5 N–H and O–H groups in total. The first-order valence-electron chi connectivity index (χ1n) is 7.41. The third-order valence-electron chi connectivity index (χ3n) is 3.23. The molecule has 0 aromatic heterocycles. The van der Waals surface area contributed by atoms with Crippen LogP contribution in [0.3, 0.4) is 0 Å². The molecule has 0 aliphatic rings. The number of nitrogens with two attached hydrogens (primary N) is 2. The van der Waals surface area contributed by atoms with Crippen molar-refractivity contribution in [2.24, 2.45) is 17.4 Å². The smallest absolute Gasteiger partial charge is 0.331 e. The number of nitrogens with one attached hydrogen (secondary N) is 1. The summed E-state index contributed by atoms with van der Waals surface area (Å²) < 4.78 is 0. The van der Waals surface area contributed by atoms with Crippen LogP contribution in [0.1, 0.15) is 25.8 Å². The Bertz CT molecular complexity index is 533. The average Bonchev–Trinajstić information content (AvgIpc) is 2.50. The van der Waals surface area contributed by atoms with E-state index in [4.69, 9.17) is 11.5 Å². The van der Waals surface area contributed by atoms with Crippen LogP contribution in [0.25, 0.3) is 0 Å². The van der Waals surface area contributed by atoms with E-state index in [0.29, 0.717) is 6.42 Å². The molecule has 7 nitrogen and oxygen atoms in total. The van der Waals surface area contributed by atoms with Crippen molar-refractivity contribution < 1.29 is 14.4 Å². The van der Waals surface area contributed by atoms with Crippen LogP contribution in [0.4, 0.5) is 4.79 Å². The normalized spacial score (nSPS) is 13.2. The zero-order chi connectivity index (χ0) is 17.4. The van der Waals surface area contributed by atoms with E-state index in [1.165, 1.54) is 0 Å². The van der Waals surface area contributed by atoms with E-state index < -0.39 is 24.0 Å². The first-order valence-corrected chi connectivity index (χ1v) is 7.41. The lowest BCUT2D eigenvalue weighted by molar-refractivity contribution is -0.136. The lowest BCUT2D eigenvalue weighted by atomic mass is 10.0. The van der Waals surface area contributed by atoms with Crippen molar-refractivity contribution in [3.05, 3.63) is 35.9 Å². The van der Waals surface area contributed by atoms with Gasteiger partial charge in [-0.05, 0) is 24.3 Å². The van der Waals surface area contributed by atoms with Gasteiger partial charge in [0.1, 0.15) is 6.04 Å². The van der Waals surface area contributed by atoms with Crippen molar-refractivity contribution in [3.8, 4) is 0 Å². The fraction of sp³-hybridized carbons (Fsp3) is 0.438. The third kappa shape index (κ3) is 6.07. The Morgan fingerprint density at radius 1 is 1.26 bits per heavy atom. The van der Waals surface area contributed by atoms with Gasteiger partial charge < -0.3 is 11.5 Å². The minimum Gasteiger partial charge on any atom is -0.350 e. The summed E-state index contributed by atoms with van der Waals surface area (Å²) in [4.78, 5) is 34.9. The number of carbonyl (C=O) groups excluding carboxylic acids is 3. The van der Waals surface area contributed by atoms with Crippen LogP contribution in [0, 0.1) is 5.92 Å². The highest BCUT2D eigenvalue weighted by Crippen LogP contribution is 2.11. The summed E-state index contributed by atoms with van der Waals surface area (Å²) in [6, 6.07) is 6.45. The fourth-order valence-corrected chi connectivity index (χ4v) is 2.19. The van der Waals surface area contributed by atoms with Gasteiger partial charge in [-0.1, -0.05) is 44.2 Å². The maximum absolute atomic E-state index is 12.5. The molecule has 23 heavy (non-hydrogen) atoms. The number of primary amides is 1. The van der Waals surface area contributed by atoms with E-state index in [1.54, 1.807) is 6.29 Å². The lowest BCUT2D eigenvalue weighted by Crippen LogP contribution is -2.59. The van der Waals surface area contributed by atoms with Crippen LogP contribution in [0.5, 0.6) is 0 Å². The molecule has 0 heterocycles. The zero-order valence-corrected chi connectivity index (χ0v) is 13.4. The average molecular weight is 319 g/mol. The van der Waals surface area contributed by atoms with Gasteiger partial charge in [0.05, 0.1) is 6.04 Å². The highest BCUT2D eigenvalue weighted by molar-refractivity contribution is 5.87. The van der Waals surface area contributed by atoms with Gasteiger partial charge in [-0.15, -0.1) is 0 Å². The van der Waals surface area contributed by atoms with E-state index in [-0.39, 0.29) is 12.3 Å². The first-order chi connectivity index (χ1) is 10.8. The van der Waals surface area contributed by atoms with E-state index in [9.17, 15) is 14.4 Å². The molecule has 1 aromatic carbocycles. The van der Waals surface area contributed by atoms with Gasteiger partial charge in [-0.3, -0.25) is 9.59 Å². The fourth-order valence-electron chi connectivity index (χ4n) is 2.19. The summed E-state index contributed by atoms with van der Waals surface area (Å²) in [7, 11) is 0. The number of rotatable bonds is 7. The quantitative estimate of drug-likeness (QED) is 0.634. The second-order valence-electron chi connectivity index (χ2n) is 5.74. The minimum atomic E-state index is -0.936. The SMILES string of the molecule is CC(C)C[C@@H]([C]=O)N(NC(N)=O)C(=O)[C@H](N)Cc1ccccc1. The Kier molecular flexibility index (Phi) is 7.21. The van der Waals surface area contributed by atoms with Gasteiger partial charge in [0.15, 0.2) is 0 Å². The predicted molar refractivity (Wildman–Crippen MR) is 86.6 cm³/mol. The molecule has 1 aromatic rings. The molecule has 0 fully saturated rings. The van der Waals surface area contributed by atoms with Crippen molar-refractivity contribution in [2.75, 3.05) is 0 Å². The largest absolute Gasteiger partial charge is 0.350 e. The van der Waals surface area contributed by atoms with Crippen LogP contribution in [0.2, 0.25) is 0 Å². The highest BCUT2D eigenvalue weighted by atomic mass is 16.2. The molecule has 1 rings (SSSR count). The molecule has 125 valence electrons. The molecule has 3 amide bonds. The molecular weight excluding hydrogens is 296 g/mol. The monoisotopic (exact) mass is 319 g/mol. The molecule has 0 unspecified atom stereocenters. The number of carbonyl (C=O) groups is 2. The highest BCUT2D eigenvalue weighted by Gasteiger charge is 2.30. The van der Waals surface area contributed by atoms with Crippen molar-refractivity contribution in [1.82, 2.24) is 10.4 Å². The van der Waals surface area contributed by atoms with Crippen LogP contribution in [-0.4, -0.2) is 35.3 Å². The Morgan fingerprint density at radius 3 is 2.35 bits per heavy atom. The lowest BCUT2D eigenvalue weighted by Gasteiger charge is -2.30. The van der Waals surface area contributed by atoms with Crippen molar-refractivity contribution in [2.45, 2.75) is 38.8 Å². The molecular formula is C16H23N4O3. The van der Waals surface area contributed by atoms with Crippen molar-refractivity contribution in [1.29, 1.82) is 0 Å².